The van der Waals surface area contributed by atoms with Crippen molar-refractivity contribution in [2.75, 3.05) is 0 Å². The average molecular weight is 543 g/mol. The summed E-state index contributed by atoms with van der Waals surface area (Å²) in [5, 5.41) is 4.00. The summed E-state index contributed by atoms with van der Waals surface area (Å²) < 4.78 is 63.5. The molecule has 0 amide bonds. The molecule has 8 heteroatoms. The van der Waals surface area contributed by atoms with Crippen LogP contribution in [0.15, 0.2) is 64.4 Å². The molecule has 0 aliphatic rings. The lowest BCUT2D eigenvalue weighted by atomic mass is 9.94. The van der Waals surface area contributed by atoms with Gasteiger partial charge in [0.25, 0.3) is 20.2 Å². The van der Waals surface area contributed by atoms with Gasteiger partial charge in [-0.1, -0.05) is 58.0 Å². The third-order valence-electron chi connectivity index (χ3n) is 6.76. The molecule has 37 heavy (non-hydrogen) atoms. The summed E-state index contributed by atoms with van der Waals surface area (Å²) in [6.45, 7) is 10.1. The van der Waals surface area contributed by atoms with Gasteiger partial charge in [0.05, 0.1) is 9.79 Å². The van der Waals surface area contributed by atoms with E-state index >= 15 is 0 Å². The Hall–Kier alpha value is -2.78. The lowest BCUT2D eigenvalue weighted by Crippen LogP contribution is -2.01. The van der Waals surface area contributed by atoms with Crippen LogP contribution in [-0.2, 0) is 45.9 Å². The zero-order valence-corrected chi connectivity index (χ0v) is 23.5. The largest absolute Gasteiger partial charge is 0.294 e. The maximum Gasteiger partial charge on any atom is 0.294 e. The van der Waals surface area contributed by atoms with Gasteiger partial charge in [-0.15, -0.1) is 0 Å². The van der Waals surface area contributed by atoms with Gasteiger partial charge in [0, 0.05) is 0 Å². The van der Waals surface area contributed by atoms with Crippen molar-refractivity contribution in [2.45, 2.75) is 70.1 Å². The highest BCUT2D eigenvalue weighted by molar-refractivity contribution is 7.86. The Bertz CT molecular complexity index is 1670. The molecule has 0 radical (unpaired) electrons. The molecule has 0 spiro atoms. The van der Waals surface area contributed by atoms with Gasteiger partial charge in [-0.05, 0) is 106 Å². The second-order valence-corrected chi connectivity index (χ2v) is 11.8. The van der Waals surface area contributed by atoms with E-state index in [9.17, 15) is 21.4 Å². The quantitative estimate of drug-likeness (QED) is 0.262. The normalized spacial score (nSPS) is 12.0. The maximum atomic E-state index is 11.4. The summed E-state index contributed by atoms with van der Waals surface area (Å²) >= 11 is 0. The summed E-state index contributed by atoms with van der Waals surface area (Å²) in [4.78, 5) is -0.0601. The molecule has 0 aliphatic heterocycles. The van der Waals surface area contributed by atoms with Crippen LogP contribution in [0.2, 0.25) is 0 Å². The Morgan fingerprint density at radius 1 is 0.541 bits per heavy atom. The minimum atomic E-state index is -4.16. The van der Waals surface area contributed by atoms with Gasteiger partial charge < -0.3 is 0 Å². The van der Waals surface area contributed by atoms with Crippen molar-refractivity contribution >= 4 is 41.8 Å². The molecule has 0 saturated carbocycles. The molecule has 0 unspecified atom stereocenters. The predicted octanol–water partition coefficient (Wildman–Crippen LogP) is 6.73. The number of fused-ring (bicyclic) bond motifs is 2. The SMILES string of the molecule is CCc1ccc(C)c2c(CC)cc(S(=O)(=O)O)cc12.CCc1ccc(CC)c2cc(S(=O)(=O)O)ccc12. The fourth-order valence-corrected chi connectivity index (χ4v) is 5.82. The number of benzene rings is 4. The van der Waals surface area contributed by atoms with E-state index in [1.54, 1.807) is 24.3 Å². The molecule has 4 aromatic carbocycles. The van der Waals surface area contributed by atoms with E-state index in [1.165, 1.54) is 11.6 Å². The van der Waals surface area contributed by atoms with E-state index in [1.807, 2.05) is 39.8 Å². The van der Waals surface area contributed by atoms with Crippen molar-refractivity contribution in [1.29, 1.82) is 0 Å². The van der Waals surface area contributed by atoms with Crippen molar-refractivity contribution in [3.8, 4) is 0 Å². The minimum absolute atomic E-state index is 0.0165. The Morgan fingerprint density at radius 2 is 1.00 bits per heavy atom. The van der Waals surface area contributed by atoms with Crippen LogP contribution in [0.1, 0.15) is 55.5 Å². The summed E-state index contributed by atoms with van der Waals surface area (Å²) in [6, 6.07) is 16.1. The predicted molar refractivity (Wildman–Crippen MR) is 150 cm³/mol. The van der Waals surface area contributed by atoms with Crippen molar-refractivity contribution in [2.24, 2.45) is 0 Å². The first-order valence-corrected chi connectivity index (χ1v) is 15.3. The number of hydrogen-bond acceptors (Lipinski definition) is 4. The van der Waals surface area contributed by atoms with E-state index in [0.717, 1.165) is 69.5 Å². The summed E-state index contributed by atoms with van der Waals surface area (Å²) in [5.74, 6) is 0. The van der Waals surface area contributed by atoms with Gasteiger partial charge in [0.15, 0.2) is 0 Å². The van der Waals surface area contributed by atoms with Crippen molar-refractivity contribution in [3.05, 3.63) is 82.4 Å². The molecule has 0 bridgehead atoms. The van der Waals surface area contributed by atoms with Crippen molar-refractivity contribution in [3.63, 3.8) is 0 Å². The number of rotatable bonds is 6. The van der Waals surface area contributed by atoms with Crippen LogP contribution in [0.5, 0.6) is 0 Å². The Morgan fingerprint density at radius 3 is 1.51 bits per heavy atom. The highest BCUT2D eigenvalue weighted by atomic mass is 32.2. The third-order valence-corrected chi connectivity index (χ3v) is 8.44. The first kappa shape index (κ1) is 28.8. The molecule has 198 valence electrons. The maximum absolute atomic E-state index is 11.4. The molecule has 0 heterocycles. The molecular weight excluding hydrogens is 508 g/mol. The number of hydrogen-bond donors (Lipinski definition) is 2. The second kappa shape index (κ2) is 11.3. The van der Waals surface area contributed by atoms with Crippen LogP contribution < -0.4 is 0 Å². The third kappa shape index (κ3) is 6.21. The topological polar surface area (TPSA) is 109 Å². The fraction of sp³-hybridized carbons (Fsp3) is 0.310. The van der Waals surface area contributed by atoms with Gasteiger partial charge in [0.2, 0.25) is 0 Å². The van der Waals surface area contributed by atoms with Crippen molar-refractivity contribution in [1.82, 2.24) is 0 Å². The second-order valence-electron chi connectivity index (χ2n) is 9.00. The molecule has 0 saturated heterocycles. The highest BCUT2D eigenvalue weighted by Crippen LogP contribution is 2.30. The van der Waals surface area contributed by atoms with E-state index < -0.39 is 20.2 Å². The zero-order chi connectivity index (χ0) is 27.5. The van der Waals surface area contributed by atoms with Crippen LogP contribution >= 0.6 is 0 Å². The summed E-state index contributed by atoms with van der Waals surface area (Å²) in [7, 11) is -8.30. The van der Waals surface area contributed by atoms with Gasteiger partial charge in [-0.25, -0.2) is 0 Å². The van der Waals surface area contributed by atoms with Crippen LogP contribution in [0.3, 0.4) is 0 Å². The minimum Gasteiger partial charge on any atom is -0.282 e. The summed E-state index contributed by atoms with van der Waals surface area (Å²) in [5.41, 5.74) is 5.46. The zero-order valence-electron chi connectivity index (χ0n) is 21.9. The molecule has 0 aliphatic carbocycles. The van der Waals surface area contributed by atoms with Crippen LogP contribution in [0.4, 0.5) is 0 Å². The van der Waals surface area contributed by atoms with Gasteiger partial charge >= 0.3 is 0 Å². The lowest BCUT2D eigenvalue weighted by Gasteiger charge is -2.13. The standard InChI is InChI=1S/C15H18O3S.C14H16O3S/c1-4-11-7-6-10(3)15-12(5-2)8-13(9-14(11)15)19(16,17)18;1-3-10-5-6-11(4-2)14-9-12(18(15,16)17)7-8-13(10)14/h6-9H,4-5H2,1-3H3,(H,16,17,18);5-9H,3-4H2,1-2H3,(H,15,16,17). The molecule has 0 aromatic heterocycles. The van der Waals surface area contributed by atoms with E-state index in [2.05, 4.69) is 19.1 Å². The fourth-order valence-electron chi connectivity index (χ4n) is 4.75. The van der Waals surface area contributed by atoms with Gasteiger partial charge in [-0.3, -0.25) is 9.11 Å². The first-order valence-electron chi connectivity index (χ1n) is 12.4. The highest BCUT2D eigenvalue weighted by Gasteiger charge is 2.16. The van der Waals surface area contributed by atoms with Gasteiger partial charge in [-0.2, -0.15) is 16.8 Å². The Balaban J connectivity index is 0.000000206. The van der Waals surface area contributed by atoms with E-state index in [0.29, 0.717) is 0 Å². The molecule has 4 aromatic rings. The molecular formula is C29H34O6S2. The van der Waals surface area contributed by atoms with E-state index in [4.69, 9.17) is 4.55 Å². The molecule has 0 atom stereocenters. The Kier molecular flexibility index (Phi) is 8.80. The van der Waals surface area contributed by atoms with Crippen molar-refractivity contribution < 1.29 is 25.9 Å². The molecule has 0 fully saturated rings. The van der Waals surface area contributed by atoms with E-state index in [-0.39, 0.29) is 9.79 Å². The summed E-state index contributed by atoms with van der Waals surface area (Å²) in [6.07, 6.45) is 3.28. The molecule has 2 N–H and O–H groups in total. The van der Waals surface area contributed by atoms with Crippen LogP contribution in [-0.4, -0.2) is 25.9 Å². The Labute approximate surface area is 219 Å². The molecule has 4 rings (SSSR count). The smallest absolute Gasteiger partial charge is 0.282 e. The van der Waals surface area contributed by atoms with Crippen LogP contribution in [0, 0.1) is 6.92 Å². The van der Waals surface area contributed by atoms with Gasteiger partial charge in [0.1, 0.15) is 0 Å². The molecule has 6 nitrogen and oxygen atoms in total. The average Bonchev–Trinajstić information content (AvgIpc) is 2.86. The first-order chi connectivity index (χ1) is 17.3. The number of aryl methyl sites for hydroxylation is 5. The monoisotopic (exact) mass is 542 g/mol. The lowest BCUT2D eigenvalue weighted by molar-refractivity contribution is 0.481. The van der Waals surface area contributed by atoms with Crippen LogP contribution in [0.25, 0.3) is 21.5 Å².